The molecule has 0 bridgehead atoms. The molecular formula is C14H16N2O2. The lowest BCUT2D eigenvalue weighted by Crippen LogP contribution is -2.04. The maximum absolute atomic E-state index is 10.5. The van der Waals surface area contributed by atoms with Gasteiger partial charge in [-0.15, -0.1) is 0 Å². The molecule has 2 rings (SSSR count). The summed E-state index contributed by atoms with van der Waals surface area (Å²) in [4.78, 5) is 14.6. The van der Waals surface area contributed by atoms with E-state index in [1.54, 1.807) is 24.3 Å². The van der Waals surface area contributed by atoms with Gasteiger partial charge in [0, 0.05) is 12.1 Å². The molecule has 0 radical (unpaired) electrons. The van der Waals surface area contributed by atoms with Gasteiger partial charge in [-0.2, -0.15) is 0 Å². The van der Waals surface area contributed by atoms with E-state index in [-0.39, 0.29) is 0 Å². The Kier molecular flexibility index (Phi) is 4.12. The number of nitrogens with zero attached hydrogens (tertiary/aromatic N) is 2. The predicted molar refractivity (Wildman–Crippen MR) is 68.7 cm³/mol. The summed E-state index contributed by atoms with van der Waals surface area (Å²) in [7, 11) is 0. The minimum atomic E-state index is 0.487. The van der Waals surface area contributed by atoms with Crippen molar-refractivity contribution in [2.24, 2.45) is 0 Å². The van der Waals surface area contributed by atoms with Gasteiger partial charge in [-0.25, -0.2) is 4.98 Å². The number of imidazole rings is 1. The van der Waals surface area contributed by atoms with Gasteiger partial charge in [-0.1, -0.05) is 6.92 Å². The van der Waals surface area contributed by atoms with Crippen molar-refractivity contribution in [2.75, 3.05) is 0 Å². The highest BCUT2D eigenvalue weighted by Gasteiger charge is 2.02. The molecule has 0 fully saturated rings. The van der Waals surface area contributed by atoms with Crippen molar-refractivity contribution in [3.8, 4) is 5.75 Å². The average molecular weight is 244 g/mol. The first-order valence-corrected chi connectivity index (χ1v) is 6.00. The second-order valence-electron chi connectivity index (χ2n) is 4.05. The fourth-order valence-electron chi connectivity index (χ4n) is 1.71. The number of carbonyl (C=O) groups is 1. The molecule has 0 aliphatic carbocycles. The number of ether oxygens (including phenoxy) is 1. The van der Waals surface area contributed by atoms with Crippen molar-refractivity contribution in [3.05, 3.63) is 48.0 Å². The van der Waals surface area contributed by atoms with Gasteiger partial charge in [0.05, 0.1) is 18.2 Å². The van der Waals surface area contributed by atoms with Crippen molar-refractivity contribution < 1.29 is 9.53 Å². The van der Waals surface area contributed by atoms with E-state index >= 15 is 0 Å². The topological polar surface area (TPSA) is 44.1 Å². The van der Waals surface area contributed by atoms with E-state index in [2.05, 4.69) is 16.5 Å². The Morgan fingerprint density at radius 1 is 1.33 bits per heavy atom. The highest BCUT2D eigenvalue weighted by atomic mass is 16.5. The molecule has 0 unspecified atom stereocenters. The summed E-state index contributed by atoms with van der Waals surface area (Å²) in [6.07, 6.45) is 5.52. The Labute approximate surface area is 106 Å². The Bertz CT molecular complexity index is 503. The molecule has 0 aliphatic heterocycles. The summed E-state index contributed by atoms with van der Waals surface area (Å²) in [6, 6.07) is 7.08. The molecule has 18 heavy (non-hydrogen) atoms. The van der Waals surface area contributed by atoms with Crippen LogP contribution in [0.4, 0.5) is 0 Å². The maximum atomic E-state index is 10.5. The SMILES string of the molecule is CCCn1cncc1COc1ccc(C=O)cc1. The molecule has 2 aromatic rings. The van der Waals surface area contributed by atoms with Crippen LogP contribution < -0.4 is 4.74 Å². The summed E-state index contributed by atoms with van der Waals surface area (Å²) in [5, 5.41) is 0. The van der Waals surface area contributed by atoms with E-state index in [1.165, 1.54) is 0 Å². The highest BCUT2D eigenvalue weighted by molar-refractivity contribution is 5.74. The Balaban J connectivity index is 1.97. The van der Waals surface area contributed by atoms with E-state index in [0.29, 0.717) is 12.2 Å². The molecule has 0 saturated heterocycles. The Morgan fingerprint density at radius 3 is 2.78 bits per heavy atom. The summed E-state index contributed by atoms with van der Waals surface area (Å²) in [6.45, 7) is 3.56. The summed E-state index contributed by atoms with van der Waals surface area (Å²) in [5.74, 6) is 0.754. The van der Waals surface area contributed by atoms with Gasteiger partial charge in [-0.3, -0.25) is 4.79 Å². The molecule has 94 valence electrons. The number of rotatable bonds is 6. The van der Waals surface area contributed by atoms with Crippen LogP contribution in [0.15, 0.2) is 36.8 Å². The summed E-state index contributed by atoms with van der Waals surface area (Å²) >= 11 is 0. The zero-order valence-electron chi connectivity index (χ0n) is 10.4. The van der Waals surface area contributed by atoms with Crippen LogP contribution in [-0.2, 0) is 13.2 Å². The molecule has 1 heterocycles. The molecule has 4 nitrogen and oxygen atoms in total. The third-order valence-electron chi connectivity index (χ3n) is 2.67. The molecule has 4 heteroatoms. The minimum Gasteiger partial charge on any atom is -0.487 e. The van der Waals surface area contributed by atoms with E-state index in [9.17, 15) is 4.79 Å². The molecule has 0 aliphatic rings. The van der Waals surface area contributed by atoms with Crippen molar-refractivity contribution >= 4 is 6.29 Å². The Morgan fingerprint density at radius 2 is 2.11 bits per heavy atom. The van der Waals surface area contributed by atoms with Gasteiger partial charge in [0.15, 0.2) is 0 Å². The van der Waals surface area contributed by atoms with Gasteiger partial charge in [0.25, 0.3) is 0 Å². The lowest BCUT2D eigenvalue weighted by Gasteiger charge is -2.08. The van der Waals surface area contributed by atoms with Crippen LogP contribution in [0.1, 0.15) is 29.4 Å². The number of hydrogen-bond acceptors (Lipinski definition) is 3. The zero-order chi connectivity index (χ0) is 12.8. The normalized spacial score (nSPS) is 10.3. The van der Waals surface area contributed by atoms with E-state index < -0.39 is 0 Å². The van der Waals surface area contributed by atoms with E-state index in [0.717, 1.165) is 30.7 Å². The molecule has 0 spiro atoms. The molecule has 1 aromatic carbocycles. The predicted octanol–water partition coefficient (Wildman–Crippen LogP) is 2.68. The van der Waals surface area contributed by atoms with Crippen molar-refractivity contribution in [2.45, 2.75) is 26.5 Å². The number of benzene rings is 1. The van der Waals surface area contributed by atoms with Crippen LogP contribution in [0.3, 0.4) is 0 Å². The molecule has 0 N–H and O–H groups in total. The minimum absolute atomic E-state index is 0.487. The first kappa shape index (κ1) is 12.4. The van der Waals surface area contributed by atoms with Crippen molar-refractivity contribution in [1.82, 2.24) is 9.55 Å². The first-order chi connectivity index (χ1) is 8.83. The number of aldehydes is 1. The first-order valence-electron chi connectivity index (χ1n) is 6.00. The fraction of sp³-hybridized carbons (Fsp3) is 0.286. The van der Waals surface area contributed by atoms with Crippen LogP contribution in [-0.4, -0.2) is 15.8 Å². The van der Waals surface area contributed by atoms with Gasteiger partial charge < -0.3 is 9.30 Å². The van der Waals surface area contributed by atoms with Gasteiger partial charge in [0.2, 0.25) is 0 Å². The highest BCUT2D eigenvalue weighted by Crippen LogP contribution is 2.13. The van der Waals surface area contributed by atoms with Crippen molar-refractivity contribution in [3.63, 3.8) is 0 Å². The van der Waals surface area contributed by atoms with Crippen LogP contribution >= 0.6 is 0 Å². The third-order valence-corrected chi connectivity index (χ3v) is 2.67. The summed E-state index contributed by atoms with van der Waals surface area (Å²) < 4.78 is 7.74. The second kappa shape index (κ2) is 6.00. The van der Waals surface area contributed by atoms with Crippen LogP contribution in [0.5, 0.6) is 5.75 Å². The molecule has 0 amide bonds. The number of aryl methyl sites for hydroxylation is 1. The number of carbonyl (C=O) groups excluding carboxylic acids is 1. The smallest absolute Gasteiger partial charge is 0.150 e. The zero-order valence-corrected chi connectivity index (χ0v) is 10.4. The second-order valence-corrected chi connectivity index (χ2v) is 4.05. The lowest BCUT2D eigenvalue weighted by molar-refractivity contribution is 0.112. The van der Waals surface area contributed by atoms with Crippen LogP contribution in [0.2, 0.25) is 0 Å². The maximum Gasteiger partial charge on any atom is 0.150 e. The van der Waals surface area contributed by atoms with E-state index in [4.69, 9.17) is 4.74 Å². The largest absolute Gasteiger partial charge is 0.487 e. The van der Waals surface area contributed by atoms with E-state index in [1.807, 2.05) is 12.5 Å². The summed E-state index contributed by atoms with van der Waals surface area (Å²) in [5.41, 5.74) is 1.70. The molecule has 0 saturated carbocycles. The number of hydrogen-bond donors (Lipinski definition) is 0. The number of aromatic nitrogens is 2. The fourth-order valence-corrected chi connectivity index (χ4v) is 1.71. The van der Waals surface area contributed by atoms with Gasteiger partial charge in [-0.05, 0) is 30.7 Å². The van der Waals surface area contributed by atoms with Gasteiger partial charge >= 0.3 is 0 Å². The Hall–Kier alpha value is -2.10. The molecule has 0 atom stereocenters. The third kappa shape index (κ3) is 2.97. The quantitative estimate of drug-likeness (QED) is 0.734. The van der Waals surface area contributed by atoms with Crippen molar-refractivity contribution in [1.29, 1.82) is 0 Å². The standard InChI is InChI=1S/C14H16N2O2/c1-2-7-16-11-15-8-13(16)10-18-14-5-3-12(9-17)4-6-14/h3-6,8-9,11H,2,7,10H2,1H3. The average Bonchev–Trinajstić information content (AvgIpc) is 2.85. The monoisotopic (exact) mass is 244 g/mol. The van der Waals surface area contributed by atoms with Crippen LogP contribution in [0.25, 0.3) is 0 Å². The van der Waals surface area contributed by atoms with Gasteiger partial charge in [0.1, 0.15) is 18.6 Å². The molecular weight excluding hydrogens is 228 g/mol. The van der Waals surface area contributed by atoms with Crippen LogP contribution in [0, 0.1) is 0 Å². The molecule has 1 aromatic heterocycles. The lowest BCUT2D eigenvalue weighted by atomic mass is 10.2.